The first kappa shape index (κ1) is 16.5. The number of hydrogen-bond acceptors (Lipinski definition) is 2. The standard InChI is InChI=1S/C21H22FNO/c1-16(17-6-3-2-4-7-17)23-14-13-20(21-8-5-15-24-21)18-9-11-19(22)12-10-18/h2-12,15-16,20,23H,13-14H2,1H3/t16-,20-/m0/s1. The van der Waals surface area contributed by atoms with E-state index in [1.54, 1.807) is 6.26 Å². The maximum atomic E-state index is 13.2. The number of nitrogens with one attached hydrogen (secondary N) is 1. The summed E-state index contributed by atoms with van der Waals surface area (Å²) < 4.78 is 18.8. The van der Waals surface area contributed by atoms with Gasteiger partial charge in [0.15, 0.2) is 0 Å². The Bertz CT molecular complexity index is 722. The normalized spacial score (nSPS) is 13.6. The highest BCUT2D eigenvalue weighted by Gasteiger charge is 2.17. The van der Waals surface area contributed by atoms with Crippen molar-refractivity contribution < 1.29 is 8.81 Å². The van der Waals surface area contributed by atoms with Crippen molar-refractivity contribution in [2.45, 2.75) is 25.3 Å². The molecule has 0 radical (unpaired) electrons. The van der Waals surface area contributed by atoms with Crippen LogP contribution in [0.3, 0.4) is 0 Å². The second-order valence-electron chi connectivity index (χ2n) is 5.99. The van der Waals surface area contributed by atoms with E-state index >= 15 is 0 Å². The Labute approximate surface area is 142 Å². The van der Waals surface area contributed by atoms with Crippen LogP contribution in [0.25, 0.3) is 0 Å². The highest BCUT2D eigenvalue weighted by Crippen LogP contribution is 2.28. The molecule has 24 heavy (non-hydrogen) atoms. The zero-order chi connectivity index (χ0) is 16.8. The van der Waals surface area contributed by atoms with Crippen LogP contribution in [0.4, 0.5) is 4.39 Å². The lowest BCUT2D eigenvalue weighted by Crippen LogP contribution is -2.21. The summed E-state index contributed by atoms with van der Waals surface area (Å²) in [6, 6.07) is 21.2. The van der Waals surface area contributed by atoms with Gasteiger partial charge in [-0.15, -0.1) is 0 Å². The minimum atomic E-state index is -0.215. The molecule has 2 aromatic carbocycles. The molecule has 0 amide bonds. The lowest BCUT2D eigenvalue weighted by atomic mass is 9.93. The van der Waals surface area contributed by atoms with Gasteiger partial charge in [0.25, 0.3) is 0 Å². The molecule has 3 heteroatoms. The summed E-state index contributed by atoms with van der Waals surface area (Å²) in [5, 5.41) is 3.56. The molecule has 0 aliphatic carbocycles. The Morgan fingerprint density at radius 1 is 0.917 bits per heavy atom. The van der Waals surface area contributed by atoms with Crippen LogP contribution in [-0.4, -0.2) is 6.54 Å². The van der Waals surface area contributed by atoms with Gasteiger partial charge in [-0.2, -0.15) is 0 Å². The molecule has 1 aromatic heterocycles. The van der Waals surface area contributed by atoms with Crippen molar-refractivity contribution in [3.63, 3.8) is 0 Å². The van der Waals surface area contributed by atoms with Gasteiger partial charge in [-0.3, -0.25) is 0 Å². The van der Waals surface area contributed by atoms with Crippen LogP contribution in [0.2, 0.25) is 0 Å². The van der Waals surface area contributed by atoms with Gasteiger partial charge in [0.1, 0.15) is 11.6 Å². The fraction of sp³-hybridized carbons (Fsp3) is 0.238. The topological polar surface area (TPSA) is 25.2 Å². The van der Waals surface area contributed by atoms with E-state index in [2.05, 4.69) is 36.5 Å². The van der Waals surface area contributed by atoms with Crippen molar-refractivity contribution in [1.29, 1.82) is 0 Å². The smallest absolute Gasteiger partial charge is 0.123 e. The van der Waals surface area contributed by atoms with Crippen LogP contribution < -0.4 is 5.32 Å². The van der Waals surface area contributed by atoms with Gasteiger partial charge in [-0.1, -0.05) is 42.5 Å². The van der Waals surface area contributed by atoms with E-state index in [1.165, 1.54) is 17.7 Å². The summed E-state index contributed by atoms with van der Waals surface area (Å²) in [4.78, 5) is 0. The van der Waals surface area contributed by atoms with E-state index in [1.807, 2.05) is 30.3 Å². The van der Waals surface area contributed by atoms with Crippen LogP contribution in [0, 0.1) is 5.82 Å². The monoisotopic (exact) mass is 323 g/mol. The molecule has 1 N–H and O–H groups in total. The van der Waals surface area contributed by atoms with Crippen molar-refractivity contribution in [1.82, 2.24) is 5.32 Å². The van der Waals surface area contributed by atoms with Crippen LogP contribution in [0.1, 0.15) is 42.2 Å². The Balaban J connectivity index is 1.66. The fourth-order valence-electron chi connectivity index (χ4n) is 2.96. The third-order valence-corrected chi connectivity index (χ3v) is 4.34. The highest BCUT2D eigenvalue weighted by molar-refractivity contribution is 5.27. The summed E-state index contributed by atoms with van der Waals surface area (Å²) in [6.45, 7) is 3.01. The Kier molecular flexibility index (Phi) is 5.44. The highest BCUT2D eigenvalue weighted by atomic mass is 19.1. The zero-order valence-corrected chi connectivity index (χ0v) is 13.8. The molecule has 3 aromatic rings. The molecule has 0 bridgehead atoms. The molecular formula is C21H22FNO. The molecule has 124 valence electrons. The summed E-state index contributed by atoms with van der Waals surface area (Å²) in [6.07, 6.45) is 2.57. The molecule has 0 fully saturated rings. The maximum Gasteiger partial charge on any atom is 0.123 e. The van der Waals surface area contributed by atoms with Crippen molar-refractivity contribution in [3.05, 3.63) is 95.7 Å². The summed E-state index contributed by atoms with van der Waals surface area (Å²) in [7, 11) is 0. The number of halogens is 1. The quantitative estimate of drug-likeness (QED) is 0.639. The molecule has 0 aliphatic rings. The van der Waals surface area contributed by atoms with Crippen molar-refractivity contribution in [3.8, 4) is 0 Å². The minimum absolute atomic E-state index is 0.121. The number of rotatable bonds is 7. The first-order chi connectivity index (χ1) is 11.7. The lowest BCUT2D eigenvalue weighted by Gasteiger charge is -2.18. The predicted molar refractivity (Wildman–Crippen MR) is 94.4 cm³/mol. The van der Waals surface area contributed by atoms with E-state index in [9.17, 15) is 4.39 Å². The predicted octanol–water partition coefficient (Wildman–Crippen LogP) is 5.29. The van der Waals surface area contributed by atoms with Crippen LogP contribution in [-0.2, 0) is 0 Å². The summed E-state index contributed by atoms with van der Waals surface area (Å²) in [5.74, 6) is 0.819. The molecule has 0 spiro atoms. The molecule has 0 unspecified atom stereocenters. The fourth-order valence-corrected chi connectivity index (χ4v) is 2.96. The van der Waals surface area contributed by atoms with E-state index < -0.39 is 0 Å². The van der Waals surface area contributed by atoms with E-state index in [4.69, 9.17) is 4.42 Å². The summed E-state index contributed by atoms with van der Waals surface area (Å²) in [5.41, 5.74) is 2.34. The third kappa shape index (κ3) is 4.12. The number of benzene rings is 2. The van der Waals surface area contributed by atoms with Gasteiger partial charge in [-0.05, 0) is 55.3 Å². The van der Waals surface area contributed by atoms with Gasteiger partial charge in [0.05, 0.1) is 6.26 Å². The number of furan rings is 1. The maximum absolute atomic E-state index is 13.2. The lowest BCUT2D eigenvalue weighted by molar-refractivity contribution is 0.457. The van der Waals surface area contributed by atoms with Gasteiger partial charge in [0, 0.05) is 12.0 Å². The van der Waals surface area contributed by atoms with Gasteiger partial charge in [0.2, 0.25) is 0 Å². The minimum Gasteiger partial charge on any atom is -0.469 e. The second kappa shape index (κ2) is 7.93. The van der Waals surface area contributed by atoms with Crippen LogP contribution >= 0.6 is 0 Å². The zero-order valence-electron chi connectivity index (χ0n) is 13.8. The number of hydrogen-bond donors (Lipinski definition) is 1. The Morgan fingerprint density at radius 3 is 2.33 bits per heavy atom. The molecule has 2 atom stereocenters. The molecule has 3 rings (SSSR count). The first-order valence-electron chi connectivity index (χ1n) is 8.31. The van der Waals surface area contributed by atoms with Crippen LogP contribution in [0.5, 0.6) is 0 Å². The average Bonchev–Trinajstić information content (AvgIpc) is 3.15. The SMILES string of the molecule is C[C@H](NCC[C@@H](c1ccc(F)cc1)c1ccco1)c1ccccc1. The molecule has 0 aliphatic heterocycles. The second-order valence-corrected chi connectivity index (χ2v) is 5.99. The van der Waals surface area contributed by atoms with Crippen LogP contribution in [0.15, 0.2) is 77.4 Å². The van der Waals surface area contributed by atoms with Crippen molar-refractivity contribution in [2.24, 2.45) is 0 Å². The summed E-state index contributed by atoms with van der Waals surface area (Å²) >= 11 is 0. The van der Waals surface area contributed by atoms with Gasteiger partial charge >= 0.3 is 0 Å². The van der Waals surface area contributed by atoms with Gasteiger partial charge in [-0.25, -0.2) is 4.39 Å². The molecule has 2 nitrogen and oxygen atoms in total. The molecule has 0 saturated heterocycles. The Morgan fingerprint density at radius 2 is 1.67 bits per heavy atom. The average molecular weight is 323 g/mol. The van der Waals surface area contributed by atoms with Gasteiger partial charge < -0.3 is 9.73 Å². The largest absolute Gasteiger partial charge is 0.469 e. The third-order valence-electron chi connectivity index (χ3n) is 4.34. The first-order valence-corrected chi connectivity index (χ1v) is 8.31. The van der Waals surface area contributed by atoms with E-state index in [-0.39, 0.29) is 17.8 Å². The molecule has 0 saturated carbocycles. The van der Waals surface area contributed by atoms with E-state index in [0.717, 1.165) is 24.3 Å². The van der Waals surface area contributed by atoms with Crippen molar-refractivity contribution >= 4 is 0 Å². The van der Waals surface area contributed by atoms with Crippen molar-refractivity contribution in [2.75, 3.05) is 6.54 Å². The Hall–Kier alpha value is -2.39. The molecular weight excluding hydrogens is 301 g/mol. The molecule has 1 heterocycles. The van der Waals surface area contributed by atoms with E-state index in [0.29, 0.717) is 0 Å².